The fourth-order valence-corrected chi connectivity index (χ4v) is 3.37. The zero-order valence-corrected chi connectivity index (χ0v) is 13.8. The molecule has 0 aromatic heterocycles. The van der Waals surface area contributed by atoms with Crippen LogP contribution in [0.3, 0.4) is 0 Å². The number of benzene rings is 1. The minimum absolute atomic E-state index is 0.00446. The summed E-state index contributed by atoms with van der Waals surface area (Å²) in [4.78, 5) is 2.61. The fraction of sp³-hybridized carbons (Fsp3) is 0.579. The summed E-state index contributed by atoms with van der Waals surface area (Å²) in [7, 11) is 0. The first-order valence-electron chi connectivity index (χ1n) is 7.97. The predicted octanol–water partition coefficient (Wildman–Crippen LogP) is 3.24. The Kier molecular flexibility index (Phi) is 5.08. The maximum atomic E-state index is 5.54. The van der Waals surface area contributed by atoms with Gasteiger partial charge in [0.05, 0.1) is 5.54 Å². The molecule has 3 atom stereocenters. The van der Waals surface area contributed by atoms with Gasteiger partial charge in [0.2, 0.25) is 0 Å². The molecule has 0 radical (unpaired) electrons. The number of nitrogens with one attached hydrogen (secondary N) is 1. The van der Waals surface area contributed by atoms with Crippen LogP contribution in [-0.2, 0) is 5.54 Å². The number of rotatable bonds is 4. The minimum Gasteiger partial charge on any atom is -0.305 e. The van der Waals surface area contributed by atoms with Crippen LogP contribution in [0.1, 0.15) is 39.7 Å². The molecule has 0 saturated carbocycles. The monoisotopic (exact) mass is 284 g/mol. The molecule has 0 spiro atoms. The summed E-state index contributed by atoms with van der Waals surface area (Å²) in [6, 6.07) is 11.7. The van der Waals surface area contributed by atoms with Crippen LogP contribution < -0.4 is 5.32 Å². The highest BCUT2D eigenvalue weighted by Gasteiger charge is 2.39. The number of hydrogen-bond donors (Lipinski definition) is 1. The zero-order chi connectivity index (χ0) is 15.5. The Morgan fingerprint density at radius 1 is 1.33 bits per heavy atom. The van der Waals surface area contributed by atoms with E-state index in [9.17, 15) is 0 Å². The van der Waals surface area contributed by atoms with Crippen LogP contribution in [0.5, 0.6) is 0 Å². The molecule has 2 heteroatoms. The molecule has 1 aromatic rings. The van der Waals surface area contributed by atoms with E-state index in [0.717, 1.165) is 19.5 Å². The van der Waals surface area contributed by atoms with Gasteiger partial charge >= 0.3 is 0 Å². The molecule has 2 nitrogen and oxygen atoms in total. The molecule has 0 aliphatic carbocycles. The number of hydrogen-bond acceptors (Lipinski definition) is 2. The zero-order valence-electron chi connectivity index (χ0n) is 13.8. The normalized spacial score (nSPS) is 28.3. The van der Waals surface area contributed by atoms with E-state index in [-0.39, 0.29) is 5.54 Å². The van der Waals surface area contributed by atoms with Crippen LogP contribution in [-0.4, -0.2) is 30.1 Å². The van der Waals surface area contributed by atoms with E-state index in [0.29, 0.717) is 18.0 Å². The molecule has 21 heavy (non-hydrogen) atoms. The van der Waals surface area contributed by atoms with E-state index < -0.39 is 0 Å². The summed E-state index contributed by atoms with van der Waals surface area (Å²) in [5, 5.41) is 3.78. The standard InChI is InChI=1S/C19H28N2/c1-6-10-16(4)21-14-19(5,17-11-8-7-9-12-17)20-13-18(21)15(2)3/h1,7-9,11-12,15-16,18,20H,10,13-14H2,2-5H3. The van der Waals surface area contributed by atoms with Gasteiger partial charge in [0.1, 0.15) is 0 Å². The molecule has 114 valence electrons. The van der Waals surface area contributed by atoms with E-state index in [4.69, 9.17) is 6.42 Å². The second-order valence-corrected chi connectivity index (χ2v) is 6.82. The van der Waals surface area contributed by atoms with E-state index in [1.807, 2.05) is 0 Å². The van der Waals surface area contributed by atoms with Crippen LogP contribution in [0.25, 0.3) is 0 Å². The molecule has 2 rings (SSSR count). The third-order valence-electron chi connectivity index (χ3n) is 4.79. The second-order valence-electron chi connectivity index (χ2n) is 6.82. The summed E-state index contributed by atoms with van der Waals surface area (Å²) < 4.78 is 0. The summed E-state index contributed by atoms with van der Waals surface area (Å²) >= 11 is 0. The second kappa shape index (κ2) is 6.64. The van der Waals surface area contributed by atoms with Gasteiger partial charge in [-0.15, -0.1) is 12.3 Å². The Hall–Kier alpha value is -1.30. The molecule has 1 aliphatic rings. The number of terminal acetylenes is 1. The highest BCUT2D eigenvalue weighted by molar-refractivity contribution is 5.25. The van der Waals surface area contributed by atoms with Crippen LogP contribution in [0.4, 0.5) is 0 Å². The first kappa shape index (κ1) is 16.1. The fourth-order valence-electron chi connectivity index (χ4n) is 3.37. The molecular weight excluding hydrogens is 256 g/mol. The molecule has 0 amide bonds. The Morgan fingerprint density at radius 3 is 2.57 bits per heavy atom. The van der Waals surface area contributed by atoms with Crippen molar-refractivity contribution in [3.05, 3.63) is 35.9 Å². The highest BCUT2D eigenvalue weighted by Crippen LogP contribution is 2.30. The lowest BCUT2D eigenvalue weighted by Crippen LogP contribution is -2.64. The Labute approximate surface area is 129 Å². The summed E-state index contributed by atoms with van der Waals surface area (Å²) in [6.07, 6.45) is 6.36. The molecule has 1 fully saturated rings. The van der Waals surface area contributed by atoms with Gasteiger partial charge in [-0.05, 0) is 25.3 Å². The maximum absolute atomic E-state index is 5.54. The topological polar surface area (TPSA) is 15.3 Å². The first-order chi connectivity index (χ1) is 9.98. The van der Waals surface area contributed by atoms with Crippen molar-refractivity contribution < 1.29 is 0 Å². The third-order valence-corrected chi connectivity index (χ3v) is 4.79. The van der Waals surface area contributed by atoms with Crippen molar-refractivity contribution in [1.82, 2.24) is 10.2 Å². The lowest BCUT2D eigenvalue weighted by Gasteiger charge is -2.50. The molecule has 1 N–H and O–H groups in total. The third kappa shape index (κ3) is 3.48. The van der Waals surface area contributed by atoms with E-state index in [1.165, 1.54) is 5.56 Å². The van der Waals surface area contributed by atoms with Crippen LogP contribution in [0, 0.1) is 18.3 Å². The van der Waals surface area contributed by atoms with E-state index in [2.05, 4.69) is 74.2 Å². The number of nitrogens with zero attached hydrogens (tertiary/aromatic N) is 1. The molecular formula is C19H28N2. The molecule has 1 aromatic carbocycles. The number of piperazine rings is 1. The van der Waals surface area contributed by atoms with Crippen LogP contribution in [0.15, 0.2) is 30.3 Å². The smallest absolute Gasteiger partial charge is 0.0535 e. The Morgan fingerprint density at radius 2 is 2.00 bits per heavy atom. The van der Waals surface area contributed by atoms with Gasteiger partial charge in [0.25, 0.3) is 0 Å². The molecule has 3 unspecified atom stereocenters. The van der Waals surface area contributed by atoms with Crippen molar-refractivity contribution in [2.24, 2.45) is 5.92 Å². The maximum Gasteiger partial charge on any atom is 0.0535 e. The summed E-state index contributed by atoms with van der Waals surface area (Å²) in [5.41, 5.74) is 1.35. The van der Waals surface area contributed by atoms with Crippen LogP contribution in [0.2, 0.25) is 0 Å². The van der Waals surface area contributed by atoms with E-state index >= 15 is 0 Å². The largest absolute Gasteiger partial charge is 0.305 e. The van der Waals surface area contributed by atoms with Gasteiger partial charge in [0.15, 0.2) is 0 Å². The SMILES string of the molecule is C#CCC(C)N1CC(C)(c2ccccc2)NCC1C(C)C. The molecule has 0 bridgehead atoms. The summed E-state index contributed by atoms with van der Waals surface area (Å²) in [6.45, 7) is 11.2. The van der Waals surface area contributed by atoms with Gasteiger partial charge < -0.3 is 5.32 Å². The van der Waals surface area contributed by atoms with Gasteiger partial charge in [-0.25, -0.2) is 0 Å². The Bertz CT molecular complexity index is 488. The van der Waals surface area contributed by atoms with Crippen molar-refractivity contribution in [3.63, 3.8) is 0 Å². The van der Waals surface area contributed by atoms with Gasteiger partial charge in [-0.2, -0.15) is 0 Å². The predicted molar refractivity (Wildman–Crippen MR) is 90.0 cm³/mol. The average molecular weight is 284 g/mol. The summed E-state index contributed by atoms with van der Waals surface area (Å²) in [5.74, 6) is 3.45. The Balaban J connectivity index is 2.25. The van der Waals surface area contributed by atoms with Crippen molar-refractivity contribution >= 4 is 0 Å². The van der Waals surface area contributed by atoms with Crippen molar-refractivity contribution in [3.8, 4) is 12.3 Å². The minimum atomic E-state index is -0.00446. The molecule has 1 saturated heterocycles. The van der Waals surface area contributed by atoms with Gasteiger partial charge in [-0.1, -0.05) is 44.2 Å². The van der Waals surface area contributed by atoms with Crippen LogP contribution >= 0.6 is 0 Å². The molecule has 1 heterocycles. The van der Waals surface area contributed by atoms with Crippen molar-refractivity contribution in [2.75, 3.05) is 13.1 Å². The van der Waals surface area contributed by atoms with Crippen molar-refractivity contribution in [1.29, 1.82) is 0 Å². The average Bonchev–Trinajstić information content (AvgIpc) is 2.48. The quantitative estimate of drug-likeness (QED) is 0.854. The van der Waals surface area contributed by atoms with E-state index in [1.54, 1.807) is 0 Å². The first-order valence-corrected chi connectivity index (χ1v) is 7.97. The molecule has 1 aliphatic heterocycles. The van der Waals surface area contributed by atoms with Gasteiger partial charge in [-0.3, -0.25) is 4.90 Å². The van der Waals surface area contributed by atoms with Gasteiger partial charge in [0, 0.05) is 31.6 Å². The van der Waals surface area contributed by atoms with Crippen molar-refractivity contribution in [2.45, 2.75) is 51.7 Å². The highest BCUT2D eigenvalue weighted by atomic mass is 15.3. The lowest BCUT2D eigenvalue weighted by molar-refractivity contribution is 0.0317. The lowest BCUT2D eigenvalue weighted by atomic mass is 9.85.